The molecule has 2 aromatic carbocycles. The molecule has 1 fully saturated rings. The SMILES string of the molecule is CCOc1cccc(C2/C(=C(\O)c3ccc(OCC(C)C)c(C)c3)C(=O)C(=O)N2CCCOC)c1. The summed E-state index contributed by atoms with van der Waals surface area (Å²) in [6, 6.07) is 11.8. The number of likely N-dealkylation sites (tertiary alicyclic amines) is 1. The number of benzene rings is 2. The molecule has 3 rings (SSSR count). The van der Waals surface area contributed by atoms with E-state index in [1.807, 2.05) is 38.1 Å². The Kier molecular flexibility index (Phi) is 8.93. The van der Waals surface area contributed by atoms with E-state index in [0.717, 1.165) is 11.3 Å². The van der Waals surface area contributed by atoms with Crippen LogP contribution in [-0.2, 0) is 14.3 Å². The van der Waals surface area contributed by atoms with E-state index in [9.17, 15) is 14.7 Å². The minimum atomic E-state index is -0.732. The number of rotatable bonds is 11. The lowest BCUT2D eigenvalue weighted by molar-refractivity contribution is -0.140. The molecule has 1 unspecified atom stereocenters. The molecule has 0 aliphatic carbocycles. The van der Waals surface area contributed by atoms with Crippen LogP contribution in [0.2, 0.25) is 0 Å². The highest BCUT2D eigenvalue weighted by molar-refractivity contribution is 6.46. The van der Waals surface area contributed by atoms with E-state index in [4.69, 9.17) is 14.2 Å². The third-order valence-corrected chi connectivity index (χ3v) is 5.79. The van der Waals surface area contributed by atoms with Crippen LogP contribution in [0.25, 0.3) is 5.76 Å². The van der Waals surface area contributed by atoms with Gasteiger partial charge in [-0.3, -0.25) is 9.59 Å². The monoisotopic (exact) mass is 481 g/mol. The van der Waals surface area contributed by atoms with E-state index in [1.165, 1.54) is 4.90 Å². The van der Waals surface area contributed by atoms with Gasteiger partial charge in [-0.2, -0.15) is 0 Å². The number of aryl methyl sites for hydroxylation is 1. The number of aliphatic hydroxyl groups is 1. The highest BCUT2D eigenvalue weighted by atomic mass is 16.5. The molecule has 0 radical (unpaired) electrons. The first kappa shape index (κ1) is 26.3. The van der Waals surface area contributed by atoms with Crippen molar-refractivity contribution in [2.24, 2.45) is 5.92 Å². The summed E-state index contributed by atoms with van der Waals surface area (Å²) < 4.78 is 16.6. The molecule has 0 saturated carbocycles. The van der Waals surface area contributed by atoms with Crippen molar-refractivity contribution in [1.82, 2.24) is 4.90 Å². The molecule has 2 aromatic rings. The number of hydrogen-bond acceptors (Lipinski definition) is 6. The second-order valence-corrected chi connectivity index (χ2v) is 9.03. The zero-order valence-electron chi connectivity index (χ0n) is 21.2. The van der Waals surface area contributed by atoms with Crippen LogP contribution < -0.4 is 9.47 Å². The average Bonchev–Trinajstić information content (AvgIpc) is 3.08. The zero-order chi connectivity index (χ0) is 25.5. The van der Waals surface area contributed by atoms with Crippen LogP contribution in [0.4, 0.5) is 0 Å². The number of Topliss-reactive ketones (excluding diaryl/α,β-unsaturated/α-hetero) is 1. The minimum Gasteiger partial charge on any atom is -0.507 e. The number of carbonyl (C=O) groups excluding carboxylic acids is 2. The van der Waals surface area contributed by atoms with Gasteiger partial charge in [-0.05, 0) is 67.6 Å². The van der Waals surface area contributed by atoms with Gasteiger partial charge in [-0.25, -0.2) is 0 Å². The fourth-order valence-electron chi connectivity index (χ4n) is 4.15. The van der Waals surface area contributed by atoms with Crippen molar-refractivity contribution >= 4 is 17.4 Å². The third kappa shape index (κ3) is 6.03. The Morgan fingerprint density at radius 2 is 1.89 bits per heavy atom. The normalized spacial score (nSPS) is 17.3. The molecule has 35 heavy (non-hydrogen) atoms. The molecule has 1 aliphatic heterocycles. The first-order valence-electron chi connectivity index (χ1n) is 12.0. The summed E-state index contributed by atoms with van der Waals surface area (Å²) in [4.78, 5) is 27.7. The summed E-state index contributed by atoms with van der Waals surface area (Å²) in [5.74, 6) is 0.186. The van der Waals surface area contributed by atoms with Gasteiger partial charge in [0.1, 0.15) is 17.3 Å². The van der Waals surface area contributed by atoms with Gasteiger partial charge in [0, 0.05) is 25.8 Å². The van der Waals surface area contributed by atoms with E-state index in [1.54, 1.807) is 25.3 Å². The highest BCUT2D eigenvalue weighted by Gasteiger charge is 2.45. The lowest BCUT2D eigenvalue weighted by Crippen LogP contribution is -2.31. The van der Waals surface area contributed by atoms with Crippen LogP contribution >= 0.6 is 0 Å². The molecular formula is C28H35NO6. The van der Waals surface area contributed by atoms with E-state index >= 15 is 0 Å². The van der Waals surface area contributed by atoms with Crippen LogP contribution in [0.3, 0.4) is 0 Å². The van der Waals surface area contributed by atoms with Gasteiger partial charge in [0.2, 0.25) is 0 Å². The van der Waals surface area contributed by atoms with Crippen LogP contribution in [0.5, 0.6) is 11.5 Å². The van der Waals surface area contributed by atoms with Gasteiger partial charge in [0.05, 0.1) is 24.8 Å². The molecule has 1 saturated heterocycles. The Bertz CT molecular complexity index is 1090. The van der Waals surface area contributed by atoms with Gasteiger partial charge in [0.15, 0.2) is 0 Å². The van der Waals surface area contributed by atoms with Gasteiger partial charge in [0.25, 0.3) is 11.7 Å². The van der Waals surface area contributed by atoms with Gasteiger partial charge in [-0.15, -0.1) is 0 Å². The summed E-state index contributed by atoms with van der Waals surface area (Å²) >= 11 is 0. The maximum absolute atomic E-state index is 13.2. The number of nitrogens with zero attached hydrogens (tertiary/aromatic N) is 1. The summed E-state index contributed by atoms with van der Waals surface area (Å²) in [6.45, 7) is 9.76. The lowest BCUT2D eigenvalue weighted by Gasteiger charge is -2.25. The predicted molar refractivity (Wildman–Crippen MR) is 135 cm³/mol. The molecule has 7 nitrogen and oxygen atoms in total. The molecule has 0 aromatic heterocycles. The van der Waals surface area contributed by atoms with Crippen molar-refractivity contribution in [3.63, 3.8) is 0 Å². The standard InChI is InChI=1S/C28H35NO6/c1-6-34-22-10-7-9-20(16-22)25-24(27(31)28(32)29(25)13-8-14-33-5)26(30)21-11-12-23(19(4)15-21)35-17-18(2)3/h7,9-12,15-16,18,25,30H,6,8,13-14,17H2,1-5H3/b26-24+. The van der Waals surface area contributed by atoms with Crippen LogP contribution in [-0.4, -0.2) is 55.2 Å². The van der Waals surface area contributed by atoms with Crippen LogP contribution in [0.15, 0.2) is 48.0 Å². The molecule has 0 spiro atoms. The molecule has 1 N–H and O–H groups in total. The first-order chi connectivity index (χ1) is 16.8. The summed E-state index contributed by atoms with van der Waals surface area (Å²) in [5.41, 5.74) is 2.05. The number of ketones is 1. The Morgan fingerprint density at radius 1 is 1.11 bits per heavy atom. The third-order valence-electron chi connectivity index (χ3n) is 5.79. The molecule has 1 aliphatic rings. The number of hydrogen-bond donors (Lipinski definition) is 1. The van der Waals surface area contributed by atoms with Crippen molar-refractivity contribution in [1.29, 1.82) is 0 Å². The Morgan fingerprint density at radius 3 is 2.54 bits per heavy atom. The Balaban J connectivity index is 2.07. The molecule has 1 amide bonds. The second kappa shape index (κ2) is 11.9. The molecule has 188 valence electrons. The predicted octanol–water partition coefficient (Wildman–Crippen LogP) is 4.89. The lowest BCUT2D eigenvalue weighted by atomic mass is 9.94. The fourth-order valence-corrected chi connectivity index (χ4v) is 4.15. The van der Waals surface area contributed by atoms with Gasteiger partial charge < -0.3 is 24.2 Å². The number of carbonyl (C=O) groups is 2. The Labute approximate surface area is 207 Å². The molecular weight excluding hydrogens is 446 g/mol. The average molecular weight is 482 g/mol. The topological polar surface area (TPSA) is 85.3 Å². The van der Waals surface area contributed by atoms with Gasteiger partial charge >= 0.3 is 0 Å². The van der Waals surface area contributed by atoms with E-state index < -0.39 is 17.7 Å². The van der Waals surface area contributed by atoms with E-state index in [0.29, 0.717) is 55.6 Å². The minimum absolute atomic E-state index is 0.0660. The van der Waals surface area contributed by atoms with Gasteiger partial charge in [-0.1, -0.05) is 26.0 Å². The van der Waals surface area contributed by atoms with Crippen molar-refractivity contribution in [3.8, 4) is 11.5 Å². The smallest absolute Gasteiger partial charge is 0.295 e. The van der Waals surface area contributed by atoms with E-state index in [-0.39, 0.29) is 11.3 Å². The maximum Gasteiger partial charge on any atom is 0.295 e. The number of methoxy groups -OCH3 is 1. The highest BCUT2D eigenvalue weighted by Crippen LogP contribution is 2.40. The van der Waals surface area contributed by atoms with Crippen molar-refractivity contribution in [2.45, 2.75) is 40.2 Å². The summed E-state index contributed by atoms with van der Waals surface area (Å²) in [7, 11) is 1.59. The van der Waals surface area contributed by atoms with Crippen molar-refractivity contribution in [2.75, 3.05) is 33.5 Å². The van der Waals surface area contributed by atoms with Crippen LogP contribution in [0, 0.1) is 12.8 Å². The summed E-state index contributed by atoms with van der Waals surface area (Å²) in [6.07, 6.45) is 0.562. The number of amides is 1. The summed E-state index contributed by atoms with van der Waals surface area (Å²) in [5, 5.41) is 11.3. The Hall–Kier alpha value is -3.32. The quantitative estimate of drug-likeness (QED) is 0.213. The number of aliphatic hydroxyl groups excluding tert-OH is 1. The molecule has 0 bridgehead atoms. The zero-order valence-corrected chi connectivity index (χ0v) is 21.2. The van der Waals surface area contributed by atoms with Crippen LogP contribution in [0.1, 0.15) is 49.9 Å². The first-order valence-corrected chi connectivity index (χ1v) is 12.0. The second-order valence-electron chi connectivity index (χ2n) is 9.03. The molecule has 1 heterocycles. The van der Waals surface area contributed by atoms with E-state index in [2.05, 4.69) is 13.8 Å². The van der Waals surface area contributed by atoms with Crippen molar-refractivity contribution in [3.05, 3.63) is 64.7 Å². The number of ether oxygens (including phenoxy) is 3. The van der Waals surface area contributed by atoms with Crippen molar-refractivity contribution < 1.29 is 28.9 Å². The molecule has 1 atom stereocenters. The fraction of sp³-hybridized carbons (Fsp3) is 0.429. The largest absolute Gasteiger partial charge is 0.507 e. The maximum atomic E-state index is 13.2. The molecule has 7 heteroatoms.